The van der Waals surface area contributed by atoms with Crippen molar-refractivity contribution in [3.8, 4) is 0 Å². The summed E-state index contributed by atoms with van der Waals surface area (Å²) in [4.78, 5) is 15.7. The molecular weight excluding hydrogens is 258 g/mol. The first kappa shape index (κ1) is 12.9. The molecule has 1 aromatic heterocycles. The van der Waals surface area contributed by atoms with Gasteiger partial charge in [0.25, 0.3) is 0 Å². The number of aryl methyl sites for hydroxylation is 1. The zero-order valence-electron chi connectivity index (χ0n) is 10.0. The third-order valence-corrected chi connectivity index (χ3v) is 3.56. The van der Waals surface area contributed by atoms with E-state index in [9.17, 15) is 13.6 Å². The molecule has 2 aromatic rings. The van der Waals surface area contributed by atoms with E-state index in [1.807, 2.05) is 6.92 Å². The van der Waals surface area contributed by atoms with Crippen LogP contribution in [0.5, 0.6) is 0 Å². The van der Waals surface area contributed by atoms with Crippen LogP contribution >= 0.6 is 11.3 Å². The minimum Gasteiger partial charge on any atom is -0.314 e. The van der Waals surface area contributed by atoms with Gasteiger partial charge in [0.05, 0.1) is 10.2 Å². The van der Waals surface area contributed by atoms with E-state index in [4.69, 9.17) is 0 Å². The van der Waals surface area contributed by atoms with Crippen LogP contribution < -0.4 is 4.80 Å². The lowest BCUT2D eigenvalue weighted by Crippen LogP contribution is -2.16. The van der Waals surface area contributed by atoms with E-state index in [1.54, 1.807) is 11.5 Å². The molecule has 0 aliphatic heterocycles. The Labute approximate surface area is 106 Å². The number of aromatic nitrogens is 1. The van der Waals surface area contributed by atoms with Crippen molar-refractivity contribution < 1.29 is 13.6 Å². The molecule has 0 saturated heterocycles. The zero-order chi connectivity index (χ0) is 13.3. The molecule has 0 radical (unpaired) electrons. The first-order valence-corrected chi connectivity index (χ1v) is 6.44. The van der Waals surface area contributed by atoms with Crippen LogP contribution in [-0.4, -0.2) is 10.5 Å². The first-order chi connectivity index (χ1) is 8.56. The van der Waals surface area contributed by atoms with Crippen LogP contribution in [0.15, 0.2) is 17.1 Å². The van der Waals surface area contributed by atoms with Crippen LogP contribution in [0.1, 0.15) is 20.3 Å². The SMILES string of the molecule is CCC(=O)N=c1sc2cc(F)cc(F)c2n1CC. The highest BCUT2D eigenvalue weighted by Crippen LogP contribution is 2.22. The molecule has 0 bridgehead atoms. The van der Waals surface area contributed by atoms with Crippen molar-refractivity contribution in [2.24, 2.45) is 4.99 Å². The maximum absolute atomic E-state index is 13.7. The number of nitrogens with zero attached hydrogens (tertiary/aromatic N) is 2. The fourth-order valence-corrected chi connectivity index (χ4v) is 2.84. The van der Waals surface area contributed by atoms with Crippen molar-refractivity contribution >= 4 is 27.5 Å². The first-order valence-electron chi connectivity index (χ1n) is 5.62. The molecule has 6 heteroatoms. The fraction of sp³-hybridized carbons (Fsp3) is 0.333. The third-order valence-electron chi connectivity index (χ3n) is 2.53. The van der Waals surface area contributed by atoms with Crippen LogP contribution in [0.2, 0.25) is 0 Å². The van der Waals surface area contributed by atoms with Gasteiger partial charge < -0.3 is 4.57 Å². The number of rotatable bonds is 2. The maximum Gasteiger partial charge on any atom is 0.248 e. The van der Waals surface area contributed by atoms with Gasteiger partial charge in [-0.3, -0.25) is 4.79 Å². The van der Waals surface area contributed by atoms with Crippen LogP contribution in [-0.2, 0) is 11.3 Å². The van der Waals surface area contributed by atoms with E-state index in [0.717, 1.165) is 17.4 Å². The van der Waals surface area contributed by atoms with Gasteiger partial charge in [-0.1, -0.05) is 18.3 Å². The molecule has 0 N–H and O–H groups in total. The van der Waals surface area contributed by atoms with Crippen molar-refractivity contribution in [1.29, 1.82) is 0 Å². The lowest BCUT2D eigenvalue weighted by Gasteiger charge is -2.01. The Hall–Kier alpha value is -1.56. The second kappa shape index (κ2) is 4.97. The molecule has 1 amide bonds. The number of thiazole rings is 1. The predicted molar refractivity (Wildman–Crippen MR) is 66.3 cm³/mol. The monoisotopic (exact) mass is 270 g/mol. The second-order valence-corrected chi connectivity index (χ2v) is 4.73. The second-order valence-electron chi connectivity index (χ2n) is 3.72. The summed E-state index contributed by atoms with van der Waals surface area (Å²) in [6.45, 7) is 4.00. The van der Waals surface area contributed by atoms with Gasteiger partial charge in [0.1, 0.15) is 5.82 Å². The van der Waals surface area contributed by atoms with E-state index in [1.165, 1.54) is 6.07 Å². The molecule has 18 heavy (non-hydrogen) atoms. The van der Waals surface area contributed by atoms with E-state index >= 15 is 0 Å². The number of hydrogen-bond donors (Lipinski definition) is 0. The van der Waals surface area contributed by atoms with E-state index < -0.39 is 11.6 Å². The van der Waals surface area contributed by atoms with Crippen molar-refractivity contribution in [1.82, 2.24) is 4.57 Å². The highest BCUT2D eigenvalue weighted by molar-refractivity contribution is 7.16. The summed E-state index contributed by atoms with van der Waals surface area (Å²) in [5.41, 5.74) is 0.298. The molecule has 0 spiro atoms. The molecule has 96 valence electrons. The smallest absolute Gasteiger partial charge is 0.248 e. The molecule has 3 nitrogen and oxygen atoms in total. The summed E-state index contributed by atoms with van der Waals surface area (Å²) < 4.78 is 28.9. The van der Waals surface area contributed by atoms with Crippen molar-refractivity contribution in [3.63, 3.8) is 0 Å². The van der Waals surface area contributed by atoms with Gasteiger partial charge >= 0.3 is 0 Å². The summed E-state index contributed by atoms with van der Waals surface area (Å²) >= 11 is 1.12. The number of halogens is 2. The molecule has 0 atom stereocenters. The van der Waals surface area contributed by atoms with E-state index in [2.05, 4.69) is 4.99 Å². The van der Waals surface area contributed by atoms with Crippen molar-refractivity contribution in [3.05, 3.63) is 28.6 Å². The average Bonchev–Trinajstić information content (AvgIpc) is 2.66. The Morgan fingerprint density at radius 2 is 2.11 bits per heavy atom. The fourth-order valence-electron chi connectivity index (χ4n) is 1.69. The Bertz CT molecular complexity index is 673. The quantitative estimate of drug-likeness (QED) is 0.826. The van der Waals surface area contributed by atoms with Crippen LogP contribution in [0, 0.1) is 11.6 Å². The lowest BCUT2D eigenvalue weighted by molar-refractivity contribution is -0.117. The Morgan fingerprint density at radius 3 is 2.72 bits per heavy atom. The van der Waals surface area contributed by atoms with Gasteiger partial charge in [0.2, 0.25) is 5.91 Å². The summed E-state index contributed by atoms with van der Waals surface area (Å²) in [5.74, 6) is -1.53. The molecule has 0 fully saturated rings. The molecule has 0 aliphatic rings. The number of fused-ring (bicyclic) bond motifs is 1. The molecular formula is C12H12F2N2OS. The number of hydrogen-bond acceptors (Lipinski definition) is 2. The van der Waals surface area contributed by atoms with Gasteiger partial charge in [-0.05, 0) is 13.0 Å². The molecule has 2 rings (SSSR count). The minimum atomic E-state index is -0.631. The van der Waals surface area contributed by atoms with Crippen LogP contribution in [0.25, 0.3) is 10.2 Å². The average molecular weight is 270 g/mol. The zero-order valence-corrected chi connectivity index (χ0v) is 10.9. The summed E-state index contributed by atoms with van der Waals surface area (Å²) in [7, 11) is 0. The number of benzene rings is 1. The predicted octanol–water partition coefficient (Wildman–Crippen LogP) is 2.84. The van der Waals surface area contributed by atoms with E-state index in [0.29, 0.717) is 21.6 Å². The van der Waals surface area contributed by atoms with Gasteiger partial charge in [0.15, 0.2) is 10.6 Å². The van der Waals surface area contributed by atoms with Crippen molar-refractivity contribution in [2.45, 2.75) is 26.8 Å². The summed E-state index contributed by atoms with van der Waals surface area (Å²) in [5, 5.41) is 0. The molecule has 0 saturated carbocycles. The highest BCUT2D eigenvalue weighted by Gasteiger charge is 2.12. The number of carbonyl (C=O) groups is 1. The van der Waals surface area contributed by atoms with Gasteiger partial charge in [-0.15, -0.1) is 0 Å². The molecule has 1 aromatic carbocycles. The normalized spacial score (nSPS) is 12.3. The van der Waals surface area contributed by atoms with Crippen LogP contribution in [0.4, 0.5) is 8.78 Å². The van der Waals surface area contributed by atoms with Crippen molar-refractivity contribution in [2.75, 3.05) is 0 Å². The van der Waals surface area contributed by atoms with Gasteiger partial charge in [-0.25, -0.2) is 8.78 Å². The largest absolute Gasteiger partial charge is 0.314 e. The minimum absolute atomic E-state index is 0.273. The molecule has 0 aliphatic carbocycles. The topological polar surface area (TPSA) is 34.4 Å². The Balaban J connectivity index is 2.81. The highest BCUT2D eigenvalue weighted by atomic mass is 32.1. The summed E-state index contributed by atoms with van der Waals surface area (Å²) in [6.07, 6.45) is 0.287. The molecule has 1 heterocycles. The van der Waals surface area contributed by atoms with Crippen LogP contribution in [0.3, 0.4) is 0 Å². The third kappa shape index (κ3) is 2.20. The Kier molecular flexibility index (Phi) is 3.56. The standard InChI is InChI=1S/C12H12F2N2OS/c1-3-10(17)15-12-16(4-2)11-8(14)5-7(13)6-9(11)18-12/h5-6H,3-4H2,1-2H3. The van der Waals surface area contributed by atoms with E-state index in [-0.39, 0.29) is 12.3 Å². The summed E-state index contributed by atoms with van der Waals surface area (Å²) in [6, 6.07) is 2.09. The Morgan fingerprint density at radius 1 is 1.39 bits per heavy atom. The lowest BCUT2D eigenvalue weighted by atomic mass is 10.3. The number of carbonyl (C=O) groups excluding carboxylic acids is 1. The molecule has 0 unspecified atom stereocenters. The maximum atomic E-state index is 13.7. The number of amides is 1. The van der Waals surface area contributed by atoms with Gasteiger partial charge in [0, 0.05) is 19.0 Å². The van der Waals surface area contributed by atoms with Gasteiger partial charge in [-0.2, -0.15) is 4.99 Å².